The van der Waals surface area contributed by atoms with Crippen LogP contribution in [-0.2, 0) is 0 Å². The van der Waals surface area contributed by atoms with E-state index in [1.807, 2.05) is 27.7 Å². The van der Waals surface area contributed by atoms with Gasteiger partial charge in [0.05, 0.1) is 0 Å². The lowest BCUT2D eigenvalue weighted by molar-refractivity contribution is 0.351. The Morgan fingerprint density at radius 3 is 1.85 bits per heavy atom. The minimum Gasteiger partial charge on any atom is -0.317 e. The van der Waals surface area contributed by atoms with Gasteiger partial charge in [-0.15, -0.1) is 0 Å². The topological polar surface area (TPSA) is 12.0 Å². The molecule has 0 aromatic heterocycles. The highest BCUT2D eigenvalue weighted by atomic mass is 14.9. The summed E-state index contributed by atoms with van der Waals surface area (Å²) >= 11 is 0. The first kappa shape index (κ1) is 15.4. The third-order valence-corrected chi connectivity index (χ3v) is 2.16. The summed E-state index contributed by atoms with van der Waals surface area (Å²) in [5, 5.41) is 3.37. The van der Waals surface area contributed by atoms with Crippen LogP contribution in [0.3, 0.4) is 0 Å². The third kappa shape index (κ3) is 9.88. The smallest absolute Gasteiger partial charge is 0.00463 e. The molecule has 0 amide bonds. The van der Waals surface area contributed by atoms with Crippen LogP contribution in [-0.4, -0.2) is 13.1 Å². The van der Waals surface area contributed by atoms with E-state index < -0.39 is 0 Å². The molecule has 0 unspecified atom stereocenters. The fourth-order valence-electron chi connectivity index (χ4n) is 1.58. The van der Waals surface area contributed by atoms with Crippen LogP contribution in [0, 0.1) is 5.92 Å². The maximum absolute atomic E-state index is 3.37. The van der Waals surface area contributed by atoms with Crippen molar-refractivity contribution < 1.29 is 0 Å². The summed E-state index contributed by atoms with van der Waals surface area (Å²) in [6.45, 7) is 12.8. The zero-order valence-electron chi connectivity index (χ0n) is 10.3. The van der Waals surface area contributed by atoms with Gasteiger partial charge in [0, 0.05) is 0 Å². The molecule has 0 radical (unpaired) electrons. The molecule has 1 aliphatic rings. The molecule has 1 aliphatic heterocycles. The number of rotatable bonds is 2. The van der Waals surface area contributed by atoms with Crippen LogP contribution in [0.4, 0.5) is 0 Å². The highest BCUT2D eigenvalue weighted by Gasteiger charge is 2.10. The SMILES string of the molecule is CC.CC.CCCC1CCNCC1. The molecular weight excluding hydrogens is 158 g/mol. The Morgan fingerprint density at radius 1 is 1.00 bits per heavy atom. The Hall–Kier alpha value is -0.0400. The lowest BCUT2D eigenvalue weighted by atomic mass is 9.94. The van der Waals surface area contributed by atoms with Crippen molar-refractivity contribution in [2.24, 2.45) is 5.92 Å². The first-order chi connectivity index (χ1) is 6.43. The minimum absolute atomic E-state index is 1.04. The van der Waals surface area contributed by atoms with Crippen molar-refractivity contribution in [3.8, 4) is 0 Å². The lowest BCUT2D eigenvalue weighted by Crippen LogP contribution is -2.27. The molecule has 0 aromatic rings. The van der Waals surface area contributed by atoms with E-state index >= 15 is 0 Å². The summed E-state index contributed by atoms with van der Waals surface area (Å²) in [5.41, 5.74) is 0. The Morgan fingerprint density at radius 2 is 1.46 bits per heavy atom. The Bertz CT molecular complexity index is 62.8. The van der Waals surface area contributed by atoms with Crippen molar-refractivity contribution in [3.63, 3.8) is 0 Å². The van der Waals surface area contributed by atoms with Crippen LogP contribution >= 0.6 is 0 Å². The number of piperidine rings is 1. The first-order valence-electron chi connectivity index (χ1n) is 6.14. The van der Waals surface area contributed by atoms with E-state index in [9.17, 15) is 0 Å². The van der Waals surface area contributed by atoms with Crippen molar-refractivity contribution in [2.75, 3.05) is 13.1 Å². The van der Waals surface area contributed by atoms with Gasteiger partial charge < -0.3 is 5.32 Å². The van der Waals surface area contributed by atoms with Crippen LogP contribution in [0.15, 0.2) is 0 Å². The fourth-order valence-corrected chi connectivity index (χ4v) is 1.58. The summed E-state index contributed by atoms with van der Waals surface area (Å²) in [4.78, 5) is 0. The average Bonchev–Trinajstić information content (AvgIpc) is 2.26. The van der Waals surface area contributed by atoms with Gasteiger partial charge >= 0.3 is 0 Å². The number of hydrogen-bond donors (Lipinski definition) is 1. The van der Waals surface area contributed by atoms with E-state index in [1.165, 1.54) is 38.8 Å². The summed E-state index contributed by atoms with van der Waals surface area (Å²) < 4.78 is 0. The van der Waals surface area contributed by atoms with Gasteiger partial charge in [-0.1, -0.05) is 47.5 Å². The molecular formula is C12H29N. The highest BCUT2D eigenvalue weighted by Crippen LogP contribution is 2.16. The Balaban J connectivity index is 0. The van der Waals surface area contributed by atoms with E-state index in [-0.39, 0.29) is 0 Å². The summed E-state index contributed by atoms with van der Waals surface area (Å²) in [6.07, 6.45) is 5.63. The van der Waals surface area contributed by atoms with Gasteiger partial charge in [-0.05, 0) is 31.8 Å². The van der Waals surface area contributed by atoms with Gasteiger partial charge in [-0.25, -0.2) is 0 Å². The molecule has 1 nitrogen and oxygen atoms in total. The van der Waals surface area contributed by atoms with Crippen LogP contribution in [0.25, 0.3) is 0 Å². The Labute approximate surface area is 85.3 Å². The average molecular weight is 187 g/mol. The molecule has 0 aromatic carbocycles. The molecule has 1 N–H and O–H groups in total. The number of nitrogens with one attached hydrogen (secondary N) is 1. The van der Waals surface area contributed by atoms with Gasteiger partial charge in [-0.3, -0.25) is 0 Å². The van der Waals surface area contributed by atoms with E-state index in [2.05, 4.69) is 12.2 Å². The molecule has 1 saturated heterocycles. The van der Waals surface area contributed by atoms with Crippen molar-refractivity contribution in [2.45, 2.75) is 60.3 Å². The van der Waals surface area contributed by atoms with E-state index in [0.717, 1.165) is 5.92 Å². The maximum atomic E-state index is 3.37. The molecule has 1 rings (SSSR count). The molecule has 0 bridgehead atoms. The summed E-state index contributed by atoms with van der Waals surface area (Å²) in [5.74, 6) is 1.04. The summed E-state index contributed by atoms with van der Waals surface area (Å²) in [6, 6.07) is 0. The molecule has 13 heavy (non-hydrogen) atoms. The standard InChI is InChI=1S/C8H17N.2C2H6/c1-2-3-8-4-6-9-7-5-8;2*1-2/h8-9H,2-7H2,1H3;2*1-2H3. The highest BCUT2D eigenvalue weighted by molar-refractivity contribution is 4.67. The zero-order chi connectivity index (χ0) is 10.5. The van der Waals surface area contributed by atoms with Gasteiger partial charge in [0.15, 0.2) is 0 Å². The molecule has 0 aliphatic carbocycles. The summed E-state index contributed by atoms with van der Waals surface area (Å²) in [7, 11) is 0. The maximum Gasteiger partial charge on any atom is -0.00463 e. The van der Waals surface area contributed by atoms with Crippen LogP contribution in [0.5, 0.6) is 0 Å². The van der Waals surface area contributed by atoms with Gasteiger partial charge in [-0.2, -0.15) is 0 Å². The van der Waals surface area contributed by atoms with Crippen molar-refractivity contribution in [3.05, 3.63) is 0 Å². The van der Waals surface area contributed by atoms with Crippen molar-refractivity contribution in [1.82, 2.24) is 5.32 Å². The van der Waals surface area contributed by atoms with Crippen molar-refractivity contribution in [1.29, 1.82) is 0 Å². The normalized spacial score (nSPS) is 16.4. The fraction of sp³-hybridized carbons (Fsp3) is 1.00. The largest absolute Gasteiger partial charge is 0.317 e. The molecule has 0 atom stereocenters. The molecule has 1 heteroatoms. The second kappa shape index (κ2) is 14.5. The molecule has 0 saturated carbocycles. The van der Waals surface area contributed by atoms with E-state index in [4.69, 9.17) is 0 Å². The predicted octanol–water partition coefficient (Wildman–Crippen LogP) is 3.84. The predicted molar refractivity (Wildman–Crippen MR) is 63.2 cm³/mol. The second-order valence-electron chi connectivity index (χ2n) is 2.98. The van der Waals surface area contributed by atoms with Crippen LogP contribution in [0.2, 0.25) is 0 Å². The minimum atomic E-state index is 1.04. The van der Waals surface area contributed by atoms with E-state index in [0.29, 0.717) is 0 Å². The zero-order valence-corrected chi connectivity index (χ0v) is 10.3. The second-order valence-corrected chi connectivity index (χ2v) is 2.98. The van der Waals surface area contributed by atoms with Crippen molar-refractivity contribution >= 4 is 0 Å². The Kier molecular flexibility index (Phi) is 17.2. The molecule has 1 heterocycles. The number of hydrogen-bond acceptors (Lipinski definition) is 1. The van der Waals surface area contributed by atoms with Crippen LogP contribution < -0.4 is 5.32 Å². The molecule has 82 valence electrons. The van der Waals surface area contributed by atoms with Gasteiger partial charge in [0.1, 0.15) is 0 Å². The quantitative estimate of drug-likeness (QED) is 0.692. The third-order valence-electron chi connectivity index (χ3n) is 2.16. The van der Waals surface area contributed by atoms with Gasteiger partial charge in [0.25, 0.3) is 0 Å². The first-order valence-corrected chi connectivity index (χ1v) is 6.14. The molecule has 0 spiro atoms. The molecule has 1 fully saturated rings. The van der Waals surface area contributed by atoms with E-state index in [1.54, 1.807) is 0 Å². The lowest BCUT2D eigenvalue weighted by Gasteiger charge is -2.21. The monoisotopic (exact) mass is 187 g/mol. The van der Waals surface area contributed by atoms with Crippen LogP contribution in [0.1, 0.15) is 60.3 Å². The van der Waals surface area contributed by atoms with Gasteiger partial charge in [0.2, 0.25) is 0 Å².